The lowest BCUT2D eigenvalue weighted by Gasteiger charge is -2.14. The molecule has 92 valence electrons. The van der Waals surface area contributed by atoms with Gasteiger partial charge in [0.1, 0.15) is 0 Å². The van der Waals surface area contributed by atoms with E-state index in [-0.39, 0.29) is 18.4 Å². The SMILES string of the molecule is NCC(C(=O)Nc1ncccn1)c1ccccc1. The van der Waals surface area contributed by atoms with Crippen molar-refractivity contribution < 1.29 is 4.79 Å². The van der Waals surface area contributed by atoms with Gasteiger partial charge in [-0.05, 0) is 11.6 Å². The summed E-state index contributed by atoms with van der Waals surface area (Å²) in [4.78, 5) is 20.0. The van der Waals surface area contributed by atoms with E-state index in [9.17, 15) is 4.79 Å². The van der Waals surface area contributed by atoms with Crippen LogP contribution in [-0.2, 0) is 4.79 Å². The first-order chi connectivity index (χ1) is 8.81. The van der Waals surface area contributed by atoms with Crippen molar-refractivity contribution in [3.05, 3.63) is 54.4 Å². The maximum Gasteiger partial charge on any atom is 0.235 e. The highest BCUT2D eigenvalue weighted by molar-refractivity contribution is 5.94. The van der Waals surface area contributed by atoms with E-state index >= 15 is 0 Å². The zero-order chi connectivity index (χ0) is 12.8. The quantitative estimate of drug-likeness (QED) is 0.843. The van der Waals surface area contributed by atoms with Crippen molar-refractivity contribution >= 4 is 11.9 Å². The van der Waals surface area contributed by atoms with Crippen molar-refractivity contribution in [1.82, 2.24) is 9.97 Å². The third-order valence-corrected chi connectivity index (χ3v) is 2.55. The molecule has 0 spiro atoms. The fourth-order valence-electron chi connectivity index (χ4n) is 1.64. The highest BCUT2D eigenvalue weighted by Gasteiger charge is 2.19. The summed E-state index contributed by atoms with van der Waals surface area (Å²) in [7, 11) is 0. The summed E-state index contributed by atoms with van der Waals surface area (Å²) in [6.45, 7) is 0.239. The molecule has 1 aromatic carbocycles. The van der Waals surface area contributed by atoms with Crippen LogP contribution in [0.1, 0.15) is 11.5 Å². The van der Waals surface area contributed by atoms with E-state index in [2.05, 4.69) is 15.3 Å². The minimum Gasteiger partial charge on any atom is -0.329 e. The summed E-state index contributed by atoms with van der Waals surface area (Å²) in [6, 6.07) is 11.1. The molecule has 1 aromatic heterocycles. The smallest absolute Gasteiger partial charge is 0.235 e. The summed E-state index contributed by atoms with van der Waals surface area (Å²) >= 11 is 0. The molecule has 18 heavy (non-hydrogen) atoms. The molecule has 0 aliphatic carbocycles. The van der Waals surface area contributed by atoms with E-state index in [0.717, 1.165) is 5.56 Å². The molecule has 0 aliphatic heterocycles. The van der Waals surface area contributed by atoms with E-state index in [0.29, 0.717) is 0 Å². The Bertz CT molecular complexity index is 501. The number of rotatable bonds is 4. The van der Waals surface area contributed by atoms with Crippen LogP contribution in [0.2, 0.25) is 0 Å². The Morgan fingerprint density at radius 2 is 1.83 bits per heavy atom. The number of nitrogens with one attached hydrogen (secondary N) is 1. The standard InChI is InChI=1S/C13H14N4O/c14-9-11(10-5-2-1-3-6-10)12(18)17-13-15-7-4-8-16-13/h1-8,11H,9,14H2,(H,15,16,17,18). The molecule has 0 radical (unpaired) electrons. The van der Waals surface area contributed by atoms with Crippen LogP contribution in [0.5, 0.6) is 0 Å². The zero-order valence-corrected chi connectivity index (χ0v) is 9.78. The van der Waals surface area contributed by atoms with Gasteiger partial charge in [-0.3, -0.25) is 10.1 Å². The molecule has 0 fully saturated rings. The van der Waals surface area contributed by atoms with E-state index in [1.165, 1.54) is 0 Å². The Balaban J connectivity index is 2.12. The monoisotopic (exact) mass is 242 g/mol. The number of hydrogen-bond donors (Lipinski definition) is 2. The summed E-state index contributed by atoms with van der Waals surface area (Å²) < 4.78 is 0. The number of hydrogen-bond acceptors (Lipinski definition) is 4. The molecule has 0 aliphatic rings. The molecular weight excluding hydrogens is 228 g/mol. The van der Waals surface area contributed by atoms with Gasteiger partial charge in [0.15, 0.2) is 0 Å². The van der Waals surface area contributed by atoms with Gasteiger partial charge in [0.05, 0.1) is 5.92 Å². The van der Waals surface area contributed by atoms with Gasteiger partial charge in [-0.25, -0.2) is 9.97 Å². The Morgan fingerprint density at radius 3 is 2.44 bits per heavy atom. The lowest BCUT2D eigenvalue weighted by atomic mass is 9.98. The topological polar surface area (TPSA) is 80.9 Å². The molecule has 1 amide bonds. The minimum atomic E-state index is -0.394. The predicted molar refractivity (Wildman–Crippen MR) is 68.9 cm³/mol. The predicted octanol–water partition coefficient (Wildman–Crippen LogP) is 1.16. The molecular formula is C13H14N4O. The second kappa shape index (κ2) is 5.88. The second-order valence-electron chi connectivity index (χ2n) is 3.76. The average Bonchev–Trinajstić information content (AvgIpc) is 2.42. The summed E-state index contributed by atoms with van der Waals surface area (Å²) in [5.74, 6) is -0.304. The van der Waals surface area contributed by atoms with Crippen LogP contribution in [0.15, 0.2) is 48.8 Å². The van der Waals surface area contributed by atoms with Crippen molar-refractivity contribution in [2.75, 3.05) is 11.9 Å². The van der Waals surface area contributed by atoms with Gasteiger partial charge in [0, 0.05) is 18.9 Å². The largest absolute Gasteiger partial charge is 0.329 e. The molecule has 0 bridgehead atoms. The molecule has 0 saturated heterocycles. The third-order valence-electron chi connectivity index (χ3n) is 2.55. The van der Waals surface area contributed by atoms with E-state index in [1.807, 2.05) is 30.3 Å². The summed E-state index contributed by atoms with van der Waals surface area (Å²) in [5, 5.41) is 2.65. The van der Waals surface area contributed by atoms with Gasteiger partial charge in [-0.15, -0.1) is 0 Å². The van der Waals surface area contributed by atoms with Crippen molar-refractivity contribution in [2.24, 2.45) is 5.73 Å². The number of benzene rings is 1. The third kappa shape index (κ3) is 2.89. The average molecular weight is 242 g/mol. The van der Waals surface area contributed by atoms with Gasteiger partial charge in [0.2, 0.25) is 11.9 Å². The van der Waals surface area contributed by atoms with Crippen LogP contribution >= 0.6 is 0 Å². The van der Waals surface area contributed by atoms with Crippen LogP contribution < -0.4 is 11.1 Å². The number of nitrogens with two attached hydrogens (primary N) is 1. The molecule has 3 N–H and O–H groups in total. The van der Waals surface area contributed by atoms with Gasteiger partial charge >= 0.3 is 0 Å². The number of carbonyl (C=O) groups is 1. The highest BCUT2D eigenvalue weighted by atomic mass is 16.2. The first-order valence-corrected chi connectivity index (χ1v) is 5.64. The molecule has 1 atom stereocenters. The van der Waals surface area contributed by atoms with Gasteiger partial charge < -0.3 is 5.73 Å². The highest BCUT2D eigenvalue weighted by Crippen LogP contribution is 2.15. The van der Waals surface area contributed by atoms with Gasteiger partial charge in [-0.2, -0.15) is 0 Å². The Hall–Kier alpha value is -2.27. The maximum absolute atomic E-state index is 12.1. The normalized spacial score (nSPS) is 11.8. The zero-order valence-electron chi connectivity index (χ0n) is 9.78. The first kappa shape index (κ1) is 12.2. The Kier molecular flexibility index (Phi) is 3.98. The maximum atomic E-state index is 12.1. The van der Waals surface area contributed by atoms with Crippen LogP contribution in [0, 0.1) is 0 Å². The molecule has 1 unspecified atom stereocenters. The van der Waals surface area contributed by atoms with Crippen molar-refractivity contribution in [2.45, 2.75) is 5.92 Å². The molecule has 5 nitrogen and oxygen atoms in total. The number of carbonyl (C=O) groups excluding carboxylic acids is 1. The Labute approximate surface area is 105 Å². The van der Waals surface area contributed by atoms with Crippen molar-refractivity contribution in [3.63, 3.8) is 0 Å². The number of amides is 1. The number of nitrogens with zero attached hydrogens (tertiary/aromatic N) is 2. The first-order valence-electron chi connectivity index (χ1n) is 5.64. The molecule has 0 saturated carbocycles. The van der Waals surface area contributed by atoms with E-state index < -0.39 is 5.92 Å². The van der Waals surface area contributed by atoms with Gasteiger partial charge in [-0.1, -0.05) is 30.3 Å². The molecule has 2 rings (SSSR count). The fraction of sp³-hybridized carbons (Fsp3) is 0.154. The van der Waals surface area contributed by atoms with Crippen molar-refractivity contribution in [3.8, 4) is 0 Å². The fourth-order valence-corrected chi connectivity index (χ4v) is 1.64. The van der Waals surface area contributed by atoms with Crippen molar-refractivity contribution in [1.29, 1.82) is 0 Å². The summed E-state index contributed by atoms with van der Waals surface area (Å²) in [5.41, 5.74) is 6.54. The second-order valence-corrected chi connectivity index (χ2v) is 3.76. The molecule has 5 heteroatoms. The number of aromatic nitrogens is 2. The molecule has 2 aromatic rings. The van der Waals surface area contributed by atoms with Crippen LogP contribution in [0.25, 0.3) is 0 Å². The van der Waals surface area contributed by atoms with E-state index in [4.69, 9.17) is 5.73 Å². The van der Waals surface area contributed by atoms with Crippen LogP contribution in [-0.4, -0.2) is 22.4 Å². The lowest BCUT2D eigenvalue weighted by Crippen LogP contribution is -2.28. The van der Waals surface area contributed by atoms with Gasteiger partial charge in [0.25, 0.3) is 0 Å². The van der Waals surface area contributed by atoms with Crippen LogP contribution in [0.4, 0.5) is 5.95 Å². The minimum absolute atomic E-state index is 0.199. The summed E-state index contributed by atoms with van der Waals surface area (Å²) in [6.07, 6.45) is 3.14. The Morgan fingerprint density at radius 1 is 1.17 bits per heavy atom. The molecule has 1 heterocycles. The lowest BCUT2D eigenvalue weighted by molar-refractivity contribution is -0.117. The van der Waals surface area contributed by atoms with Crippen LogP contribution in [0.3, 0.4) is 0 Å². The van der Waals surface area contributed by atoms with E-state index in [1.54, 1.807) is 18.5 Å². The number of anilines is 1.